The minimum atomic E-state index is -0.528. The third-order valence-corrected chi connectivity index (χ3v) is 3.38. The number of rotatable bonds is 5. The van der Waals surface area contributed by atoms with Gasteiger partial charge < -0.3 is 5.32 Å². The molecule has 1 amide bonds. The summed E-state index contributed by atoms with van der Waals surface area (Å²) in [5.41, 5.74) is 0.849. The standard InChI is InChI=1S/C15H20N2O2/c1-12(18)16-15(13-7-3-2-4-8-13)14(19)11-17-9-5-6-10-17/h2-4,7-8,15H,5-6,9-11H2,1H3,(H,16,18). The molecule has 1 unspecified atom stereocenters. The van der Waals surface area contributed by atoms with Crippen LogP contribution in [0.2, 0.25) is 0 Å². The van der Waals surface area contributed by atoms with Crippen LogP contribution in [-0.2, 0) is 9.59 Å². The van der Waals surface area contributed by atoms with E-state index in [4.69, 9.17) is 0 Å². The number of hydrogen-bond donors (Lipinski definition) is 1. The molecule has 1 saturated heterocycles. The summed E-state index contributed by atoms with van der Waals surface area (Å²) in [7, 11) is 0. The molecule has 1 aliphatic rings. The summed E-state index contributed by atoms with van der Waals surface area (Å²) in [6.07, 6.45) is 2.31. The lowest BCUT2D eigenvalue weighted by Crippen LogP contribution is -2.38. The third-order valence-electron chi connectivity index (χ3n) is 3.38. The Morgan fingerprint density at radius 3 is 2.42 bits per heavy atom. The molecule has 1 aromatic rings. The molecule has 0 saturated carbocycles. The number of nitrogens with one attached hydrogen (secondary N) is 1. The monoisotopic (exact) mass is 260 g/mol. The van der Waals surface area contributed by atoms with E-state index in [1.807, 2.05) is 30.3 Å². The van der Waals surface area contributed by atoms with Gasteiger partial charge in [-0.25, -0.2) is 0 Å². The van der Waals surface area contributed by atoms with Gasteiger partial charge in [0.1, 0.15) is 6.04 Å². The maximum atomic E-state index is 12.4. The van der Waals surface area contributed by atoms with E-state index in [0.29, 0.717) is 6.54 Å². The van der Waals surface area contributed by atoms with Crippen LogP contribution in [0.4, 0.5) is 0 Å². The molecule has 102 valence electrons. The number of nitrogens with zero attached hydrogens (tertiary/aromatic N) is 1. The van der Waals surface area contributed by atoms with Gasteiger partial charge in [0.15, 0.2) is 5.78 Å². The van der Waals surface area contributed by atoms with Crippen LogP contribution in [0, 0.1) is 0 Å². The van der Waals surface area contributed by atoms with E-state index in [1.54, 1.807) is 0 Å². The quantitative estimate of drug-likeness (QED) is 0.873. The molecular formula is C15H20N2O2. The Balaban J connectivity index is 2.08. The van der Waals surface area contributed by atoms with E-state index in [9.17, 15) is 9.59 Å². The first-order chi connectivity index (χ1) is 9.16. The summed E-state index contributed by atoms with van der Waals surface area (Å²) in [6.45, 7) is 3.82. The minimum Gasteiger partial charge on any atom is -0.342 e. The molecule has 19 heavy (non-hydrogen) atoms. The Labute approximate surface area is 113 Å². The topological polar surface area (TPSA) is 49.4 Å². The summed E-state index contributed by atoms with van der Waals surface area (Å²) in [6, 6.07) is 8.89. The van der Waals surface area contributed by atoms with Crippen LogP contribution in [-0.4, -0.2) is 36.2 Å². The highest BCUT2D eigenvalue weighted by atomic mass is 16.2. The van der Waals surface area contributed by atoms with Gasteiger partial charge in [-0.2, -0.15) is 0 Å². The molecule has 0 aromatic heterocycles. The molecule has 4 nitrogen and oxygen atoms in total. The lowest BCUT2D eigenvalue weighted by Gasteiger charge is -2.21. The lowest BCUT2D eigenvalue weighted by atomic mass is 10.0. The van der Waals surface area contributed by atoms with Gasteiger partial charge in [0.05, 0.1) is 6.54 Å². The number of benzene rings is 1. The summed E-state index contributed by atoms with van der Waals surface area (Å²) >= 11 is 0. The fourth-order valence-corrected chi connectivity index (χ4v) is 2.45. The van der Waals surface area contributed by atoms with Crippen LogP contribution in [0.5, 0.6) is 0 Å². The molecule has 0 aliphatic carbocycles. The van der Waals surface area contributed by atoms with Crippen LogP contribution in [0.25, 0.3) is 0 Å². The third kappa shape index (κ3) is 3.89. The van der Waals surface area contributed by atoms with Crippen molar-refractivity contribution in [2.75, 3.05) is 19.6 Å². The summed E-state index contributed by atoms with van der Waals surface area (Å²) < 4.78 is 0. The first kappa shape index (κ1) is 13.7. The van der Waals surface area contributed by atoms with E-state index in [1.165, 1.54) is 6.92 Å². The molecule has 1 aromatic carbocycles. The highest BCUT2D eigenvalue weighted by Gasteiger charge is 2.24. The van der Waals surface area contributed by atoms with Gasteiger partial charge >= 0.3 is 0 Å². The zero-order valence-corrected chi connectivity index (χ0v) is 11.3. The van der Waals surface area contributed by atoms with E-state index < -0.39 is 6.04 Å². The second-order valence-corrected chi connectivity index (χ2v) is 4.99. The van der Waals surface area contributed by atoms with Gasteiger partial charge in [-0.05, 0) is 31.5 Å². The van der Waals surface area contributed by atoms with Crippen molar-refractivity contribution in [3.8, 4) is 0 Å². The SMILES string of the molecule is CC(=O)NC(C(=O)CN1CCCC1)c1ccccc1. The molecule has 1 aliphatic heterocycles. The molecule has 1 N–H and O–H groups in total. The Hall–Kier alpha value is -1.68. The predicted molar refractivity (Wildman–Crippen MR) is 73.7 cm³/mol. The first-order valence-corrected chi connectivity index (χ1v) is 6.74. The number of amides is 1. The molecule has 0 bridgehead atoms. The predicted octanol–water partition coefficient (Wildman–Crippen LogP) is 1.53. The van der Waals surface area contributed by atoms with E-state index in [0.717, 1.165) is 31.5 Å². The normalized spacial score (nSPS) is 17.1. The minimum absolute atomic E-state index is 0.0586. The Morgan fingerprint density at radius 2 is 1.84 bits per heavy atom. The summed E-state index contributed by atoms with van der Waals surface area (Å²) in [5, 5.41) is 2.75. The maximum Gasteiger partial charge on any atom is 0.217 e. The van der Waals surface area contributed by atoms with Gasteiger partial charge in [0.25, 0.3) is 0 Å². The number of likely N-dealkylation sites (tertiary alicyclic amines) is 1. The smallest absolute Gasteiger partial charge is 0.217 e. The van der Waals surface area contributed by atoms with Crippen LogP contribution >= 0.6 is 0 Å². The molecule has 2 rings (SSSR count). The average Bonchev–Trinajstić information content (AvgIpc) is 2.89. The zero-order valence-electron chi connectivity index (χ0n) is 11.3. The van der Waals surface area contributed by atoms with Crippen LogP contribution in [0.15, 0.2) is 30.3 Å². The molecule has 4 heteroatoms. The first-order valence-electron chi connectivity index (χ1n) is 6.74. The lowest BCUT2D eigenvalue weighted by molar-refractivity contribution is -0.127. The zero-order chi connectivity index (χ0) is 13.7. The van der Waals surface area contributed by atoms with Crippen LogP contribution < -0.4 is 5.32 Å². The van der Waals surface area contributed by atoms with Crippen molar-refractivity contribution in [1.82, 2.24) is 10.2 Å². The van der Waals surface area contributed by atoms with Crippen molar-refractivity contribution in [2.45, 2.75) is 25.8 Å². The molecular weight excluding hydrogens is 240 g/mol. The largest absolute Gasteiger partial charge is 0.342 e. The molecule has 1 heterocycles. The number of carbonyl (C=O) groups is 2. The van der Waals surface area contributed by atoms with Gasteiger partial charge in [0.2, 0.25) is 5.91 Å². The Kier molecular flexibility index (Phi) is 4.68. The Morgan fingerprint density at radius 1 is 1.21 bits per heavy atom. The van der Waals surface area contributed by atoms with Crippen molar-refractivity contribution in [3.63, 3.8) is 0 Å². The summed E-state index contributed by atoms with van der Waals surface area (Å²) in [4.78, 5) is 25.8. The van der Waals surface area contributed by atoms with Crippen molar-refractivity contribution >= 4 is 11.7 Å². The van der Waals surface area contributed by atoms with Gasteiger partial charge in [-0.1, -0.05) is 30.3 Å². The van der Waals surface area contributed by atoms with Crippen molar-refractivity contribution in [3.05, 3.63) is 35.9 Å². The van der Waals surface area contributed by atoms with Gasteiger partial charge in [-0.3, -0.25) is 14.5 Å². The highest BCUT2D eigenvalue weighted by Crippen LogP contribution is 2.16. The number of hydrogen-bond acceptors (Lipinski definition) is 3. The van der Waals surface area contributed by atoms with Crippen molar-refractivity contribution in [2.24, 2.45) is 0 Å². The molecule has 1 atom stereocenters. The molecule has 0 spiro atoms. The second kappa shape index (κ2) is 6.48. The number of carbonyl (C=O) groups excluding carboxylic acids is 2. The summed E-state index contributed by atoms with van der Waals surface area (Å²) in [5.74, 6) is -0.119. The van der Waals surface area contributed by atoms with E-state index in [-0.39, 0.29) is 11.7 Å². The molecule has 1 fully saturated rings. The van der Waals surface area contributed by atoms with E-state index >= 15 is 0 Å². The maximum absolute atomic E-state index is 12.4. The average molecular weight is 260 g/mol. The fraction of sp³-hybridized carbons (Fsp3) is 0.467. The fourth-order valence-electron chi connectivity index (χ4n) is 2.45. The highest BCUT2D eigenvalue weighted by molar-refractivity contribution is 5.90. The van der Waals surface area contributed by atoms with Gasteiger partial charge in [0, 0.05) is 6.92 Å². The van der Waals surface area contributed by atoms with Crippen LogP contribution in [0.3, 0.4) is 0 Å². The molecule has 0 radical (unpaired) electrons. The van der Waals surface area contributed by atoms with Gasteiger partial charge in [-0.15, -0.1) is 0 Å². The van der Waals surface area contributed by atoms with Crippen molar-refractivity contribution in [1.29, 1.82) is 0 Å². The van der Waals surface area contributed by atoms with Crippen molar-refractivity contribution < 1.29 is 9.59 Å². The number of ketones is 1. The van der Waals surface area contributed by atoms with Crippen LogP contribution in [0.1, 0.15) is 31.4 Å². The Bertz CT molecular complexity index is 439. The van der Waals surface area contributed by atoms with E-state index in [2.05, 4.69) is 10.2 Å². The second-order valence-electron chi connectivity index (χ2n) is 4.99. The number of Topliss-reactive ketones (excluding diaryl/α,β-unsaturated/α-hetero) is 1.